The van der Waals surface area contributed by atoms with Gasteiger partial charge < -0.3 is 14.9 Å². The van der Waals surface area contributed by atoms with Gasteiger partial charge in [0.15, 0.2) is 0 Å². The van der Waals surface area contributed by atoms with Gasteiger partial charge >= 0.3 is 0 Å². The molecule has 4 nitrogen and oxygen atoms in total. The average molecular weight is 161 g/mol. The number of morpholine rings is 1. The monoisotopic (exact) mass is 161 g/mol. The second-order valence-corrected chi connectivity index (χ2v) is 2.97. The van der Waals surface area contributed by atoms with Crippen LogP contribution < -0.4 is 0 Å². The molecule has 1 fully saturated rings. The molecule has 0 bridgehead atoms. The van der Waals surface area contributed by atoms with E-state index in [1.54, 1.807) is 6.92 Å². The first-order chi connectivity index (χ1) is 5.17. The van der Waals surface area contributed by atoms with Gasteiger partial charge in [-0.2, -0.15) is 0 Å². The Morgan fingerprint density at radius 2 is 2.00 bits per heavy atom. The van der Waals surface area contributed by atoms with Crippen LogP contribution in [0.5, 0.6) is 0 Å². The first kappa shape index (κ1) is 8.93. The normalized spacial score (nSPS) is 26.5. The van der Waals surface area contributed by atoms with Crippen LogP contribution >= 0.6 is 0 Å². The third-order valence-electron chi connectivity index (χ3n) is 1.99. The van der Waals surface area contributed by atoms with Crippen LogP contribution in [0.1, 0.15) is 6.92 Å². The van der Waals surface area contributed by atoms with E-state index in [1.807, 2.05) is 4.90 Å². The smallest absolute Gasteiger partial charge is 0.139 e. The molecule has 0 saturated carbocycles. The van der Waals surface area contributed by atoms with Gasteiger partial charge in [0.25, 0.3) is 0 Å². The first-order valence-corrected chi connectivity index (χ1v) is 3.83. The molecule has 66 valence electrons. The Balaban J connectivity index is 2.43. The molecule has 1 rings (SSSR count). The third kappa shape index (κ3) is 2.13. The molecule has 0 aliphatic carbocycles. The largest absolute Gasteiger partial charge is 0.392 e. The topological polar surface area (TPSA) is 52.9 Å². The van der Waals surface area contributed by atoms with Gasteiger partial charge in [-0.05, 0) is 6.92 Å². The van der Waals surface area contributed by atoms with E-state index in [2.05, 4.69) is 0 Å². The van der Waals surface area contributed by atoms with Gasteiger partial charge in [-0.1, -0.05) is 0 Å². The summed E-state index contributed by atoms with van der Waals surface area (Å²) < 4.78 is 5.10. The molecule has 0 amide bonds. The predicted molar refractivity (Wildman–Crippen MR) is 40.1 cm³/mol. The lowest BCUT2D eigenvalue weighted by atomic mass is 10.2. The molecule has 0 aromatic heterocycles. The summed E-state index contributed by atoms with van der Waals surface area (Å²) in [6.45, 7) is 4.03. The summed E-state index contributed by atoms with van der Waals surface area (Å²) in [7, 11) is 0. The molecule has 1 atom stereocenters. The van der Waals surface area contributed by atoms with Crippen molar-refractivity contribution in [2.24, 2.45) is 0 Å². The van der Waals surface area contributed by atoms with Crippen molar-refractivity contribution in [3.05, 3.63) is 0 Å². The highest BCUT2D eigenvalue weighted by Gasteiger charge is 2.29. The minimum atomic E-state index is -1.08. The highest BCUT2D eigenvalue weighted by molar-refractivity contribution is 4.75. The molecular weight excluding hydrogens is 146 g/mol. The predicted octanol–water partition coefficient (Wildman–Crippen LogP) is -0.981. The number of aliphatic hydroxyl groups excluding tert-OH is 1. The van der Waals surface area contributed by atoms with Gasteiger partial charge in [0, 0.05) is 13.1 Å². The number of rotatable bonds is 2. The van der Waals surface area contributed by atoms with Crippen molar-refractivity contribution >= 4 is 0 Å². The number of aliphatic hydroxyl groups is 2. The summed E-state index contributed by atoms with van der Waals surface area (Å²) in [5.74, 6) is 0. The Kier molecular flexibility index (Phi) is 2.84. The van der Waals surface area contributed by atoms with E-state index in [9.17, 15) is 5.11 Å². The Morgan fingerprint density at radius 3 is 2.45 bits per heavy atom. The maximum atomic E-state index is 9.57. The van der Waals surface area contributed by atoms with Crippen LogP contribution in [0.25, 0.3) is 0 Å². The molecule has 11 heavy (non-hydrogen) atoms. The molecule has 1 aliphatic heterocycles. The zero-order chi connectivity index (χ0) is 8.32. The summed E-state index contributed by atoms with van der Waals surface area (Å²) in [4.78, 5) is 1.82. The van der Waals surface area contributed by atoms with Crippen LogP contribution in [0.2, 0.25) is 0 Å². The standard InChI is InChI=1S/C7H15NO3/c1-7(10,6-9)8-2-4-11-5-3-8/h9-10H,2-6H2,1H3. The molecule has 4 heteroatoms. The van der Waals surface area contributed by atoms with Crippen molar-refractivity contribution in [3.63, 3.8) is 0 Å². The molecular formula is C7H15NO3. The van der Waals surface area contributed by atoms with Crippen LogP contribution in [-0.4, -0.2) is 53.7 Å². The van der Waals surface area contributed by atoms with E-state index < -0.39 is 5.72 Å². The van der Waals surface area contributed by atoms with Crippen molar-refractivity contribution in [2.75, 3.05) is 32.9 Å². The Labute approximate surface area is 66.4 Å². The number of ether oxygens (including phenoxy) is 1. The second-order valence-electron chi connectivity index (χ2n) is 2.97. The lowest BCUT2D eigenvalue weighted by molar-refractivity contribution is -0.151. The third-order valence-corrected chi connectivity index (χ3v) is 1.99. The molecule has 1 aliphatic rings. The summed E-state index contributed by atoms with van der Waals surface area (Å²) in [5, 5.41) is 18.4. The van der Waals surface area contributed by atoms with Crippen LogP contribution in [0.4, 0.5) is 0 Å². The summed E-state index contributed by atoms with van der Waals surface area (Å²) in [5.41, 5.74) is -1.08. The van der Waals surface area contributed by atoms with Crippen molar-refractivity contribution in [1.82, 2.24) is 4.90 Å². The van der Waals surface area contributed by atoms with E-state index >= 15 is 0 Å². The second kappa shape index (κ2) is 3.49. The fourth-order valence-electron chi connectivity index (χ4n) is 1.15. The van der Waals surface area contributed by atoms with Crippen molar-refractivity contribution < 1.29 is 14.9 Å². The molecule has 1 saturated heterocycles. The van der Waals surface area contributed by atoms with E-state index in [-0.39, 0.29) is 6.61 Å². The van der Waals surface area contributed by atoms with Gasteiger partial charge in [-0.25, -0.2) is 0 Å². The Morgan fingerprint density at radius 1 is 1.45 bits per heavy atom. The summed E-state index contributed by atoms with van der Waals surface area (Å²) in [6, 6.07) is 0. The quantitative estimate of drug-likeness (QED) is 0.546. The minimum Gasteiger partial charge on any atom is -0.392 e. The first-order valence-electron chi connectivity index (χ1n) is 3.83. The summed E-state index contributed by atoms with van der Waals surface area (Å²) >= 11 is 0. The van der Waals surface area contributed by atoms with Gasteiger partial charge in [-0.15, -0.1) is 0 Å². The molecule has 0 radical (unpaired) electrons. The van der Waals surface area contributed by atoms with E-state index in [0.717, 1.165) is 0 Å². The van der Waals surface area contributed by atoms with Gasteiger partial charge in [0.1, 0.15) is 5.72 Å². The van der Waals surface area contributed by atoms with E-state index in [1.165, 1.54) is 0 Å². The molecule has 1 unspecified atom stereocenters. The number of hydrogen-bond donors (Lipinski definition) is 2. The van der Waals surface area contributed by atoms with Crippen LogP contribution in [0.15, 0.2) is 0 Å². The Hall–Kier alpha value is -0.160. The van der Waals surface area contributed by atoms with Gasteiger partial charge in [-0.3, -0.25) is 4.90 Å². The Bertz CT molecular complexity index is 121. The van der Waals surface area contributed by atoms with Crippen molar-refractivity contribution in [1.29, 1.82) is 0 Å². The molecule has 0 spiro atoms. The number of nitrogens with zero attached hydrogens (tertiary/aromatic N) is 1. The fraction of sp³-hybridized carbons (Fsp3) is 1.00. The highest BCUT2D eigenvalue weighted by atomic mass is 16.5. The van der Waals surface area contributed by atoms with Gasteiger partial charge in [0.2, 0.25) is 0 Å². The SMILES string of the molecule is CC(O)(CO)N1CCOCC1. The zero-order valence-electron chi connectivity index (χ0n) is 6.79. The lowest BCUT2D eigenvalue weighted by Gasteiger charge is -2.37. The molecule has 1 heterocycles. The average Bonchev–Trinajstić information content (AvgIpc) is 2.06. The van der Waals surface area contributed by atoms with Crippen LogP contribution in [0.3, 0.4) is 0 Å². The molecule has 0 aromatic carbocycles. The van der Waals surface area contributed by atoms with Gasteiger partial charge in [0.05, 0.1) is 19.8 Å². The molecule has 2 N–H and O–H groups in total. The van der Waals surface area contributed by atoms with Crippen LogP contribution in [0, 0.1) is 0 Å². The minimum absolute atomic E-state index is 0.229. The van der Waals surface area contributed by atoms with Crippen LogP contribution in [-0.2, 0) is 4.74 Å². The number of hydrogen-bond acceptors (Lipinski definition) is 4. The summed E-state index contributed by atoms with van der Waals surface area (Å²) in [6.07, 6.45) is 0. The maximum Gasteiger partial charge on any atom is 0.139 e. The highest BCUT2D eigenvalue weighted by Crippen LogP contribution is 2.11. The molecule has 0 aromatic rings. The fourth-order valence-corrected chi connectivity index (χ4v) is 1.15. The lowest BCUT2D eigenvalue weighted by Crippen LogP contribution is -2.53. The van der Waals surface area contributed by atoms with Crippen molar-refractivity contribution in [3.8, 4) is 0 Å². The zero-order valence-corrected chi connectivity index (χ0v) is 6.79. The van der Waals surface area contributed by atoms with E-state index in [0.29, 0.717) is 26.3 Å². The van der Waals surface area contributed by atoms with E-state index in [4.69, 9.17) is 9.84 Å². The maximum absolute atomic E-state index is 9.57. The van der Waals surface area contributed by atoms with Crippen molar-refractivity contribution in [2.45, 2.75) is 12.6 Å².